The number of imide groups is 1. The third-order valence-electron chi connectivity index (χ3n) is 4.40. The first-order valence-electron chi connectivity index (χ1n) is 8.64. The zero-order chi connectivity index (χ0) is 21.3. The minimum atomic E-state index is -1.39. The molecule has 150 valence electrons. The number of nitrogens with one attached hydrogen (secondary N) is 1. The molecule has 2 aromatic rings. The van der Waals surface area contributed by atoms with Crippen molar-refractivity contribution in [1.82, 2.24) is 4.90 Å². The summed E-state index contributed by atoms with van der Waals surface area (Å²) in [4.78, 5) is 50.1. The summed E-state index contributed by atoms with van der Waals surface area (Å²) in [6, 6.07) is 7.34. The Bertz CT molecular complexity index is 989. The average molecular weight is 402 g/mol. The number of ether oxygens (including phenoxy) is 1. The van der Waals surface area contributed by atoms with Gasteiger partial charge in [-0.25, -0.2) is 13.6 Å². The molecule has 29 heavy (non-hydrogen) atoms. The van der Waals surface area contributed by atoms with Crippen LogP contribution in [0.5, 0.6) is 0 Å². The topological polar surface area (TPSA) is 92.8 Å². The van der Waals surface area contributed by atoms with E-state index in [-0.39, 0.29) is 11.1 Å². The van der Waals surface area contributed by atoms with Gasteiger partial charge in [-0.1, -0.05) is 12.1 Å². The van der Waals surface area contributed by atoms with Crippen LogP contribution in [0, 0.1) is 11.6 Å². The molecule has 0 aliphatic carbocycles. The highest BCUT2D eigenvalue weighted by atomic mass is 19.1. The lowest BCUT2D eigenvalue weighted by molar-refractivity contribution is -0.156. The molecule has 0 spiro atoms. The second kappa shape index (κ2) is 7.78. The van der Waals surface area contributed by atoms with E-state index in [4.69, 9.17) is 4.74 Å². The minimum Gasteiger partial charge on any atom is -0.451 e. The molecule has 0 fully saturated rings. The zero-order valence-electron chi connectivity index (χ0n) is 15.4. The van der Waals surface area contributed by atoms with Crippen LogP contribution in [0.4, 0.5) is 14.5 Å². The molecule has 1 aliphatic rings. The van der Waals surface area contributed by atoms with Gasteiger partial charge in [0.2, 0.25) is 0 Å². The Balaban J connectivity index is 1.66. The van der Waals surface area contributed by atoms with Crippen molar-refractivity contribution in [3.63, 3.8) is 0 Å². The van der Waals surface area contributed by atoms with Gasteiger partial charge in [-0.05, 0) is 38.1 Å². The Morgan fingerprint density at radius 1 is 1.00 bits per heavy atom. The Labute approximate surface area is 164 Å². The predicted octanol–water partition coefficient (Wildman–Crippen LogP) is 2.52. The molecule has 3 amide bonds. The fraction of sp³-hybridized carbons (Fsp3) is 0.200. The molecule has 9 heteroatoms. The normalized spacial score (nSPS) is 15.0. The van der Waals surface area contributed by atoms with Crippen LogP contribution in [0.2, 0.25) is 0 Å². The van der Waals surface area contributed by atoms with Gasteiger partial charge in [-0.3, -0.25) is 19.3 Å². The standard InChI is InChI=1S/C20H16F2N2O5/c1-10(24-18(26)13-5-3-4-6-14(13)19(24)27)20(28)29-11(2)17(25)23-16-9-12(21)7-8-15(16)22/h3-11H,1-2H3,(H,23,25). The Hall–Kier alpha value is -3.62. The van der Waals surface area contributed by atoms with Crippen LogP contribution in [0.3, 0.4) is 0 Å². The molecule has 2 atom stereocenters. The van der Waals surface area contributed by atoms with Crippen LogP contribution in [-0.4, -0.2) is 40.7 Å². The summed E-state index contributed by atoms with van der Waals surface area (Å²) in [5.41, 5.74) is -0.0691. The summed E-state index contributed by atoms with van der Waals surface area (Å²) in [6.45, 7) is 2.51. The summed E-state index contributed by atoms with van der Waals surface area (Å²) in [7, 11) is 0. The van der Waals surface area contributed by atoms with Gasteiger partial charge in [0.15, 0.2) is 6.10 Å². The Morgan fingerprint density at radius 3 is 2.17 bits per heavy atom. The van der Waals surface area contributed by atoms with Gasteiger partial charge in [0.1, 0.15) is 17.7 Å². The SMILES string of the molecule is CC(OC(=O)C(C)N1C(=O)c2ccccc2C1=O)C(=O)Nc1cc(F)ccc1F. The number of carbonyl (C=O) groups is 4. The van der Waals surface area contributed by atoms with Crippen molar-refractivity contribution >= 4 is 29.4 Å². The monoisotopic (exact) mass is 402 g/mol. The number of anilines is 1. The molecule has 0 bridgehead atoms. The first-order chi connectivity index (χ1) is 13.7. The van der Waals surface area contributed by atoms with Crippen molar-refractivity contribution in [1.29, 1.82) is 0 Å². The van der Waals surface area contributed by atoms with Gasteiger partial charge in [0, 0.05) is 6.07 Å². The molecule has 0 saturated heterocycles. The number of benzene rings is 2. The van der Waals surface area contributed by atoms with Crippen molar-refractivity contribution in [3.8, 4) is 0 Å². The van der Waals surface area contributed by atoms with Gasteiger partial charge < -0.3 is 10.1 Å². The van der Waals surface area contributed by atoms with E-state index in [2.05, 4.69) is 5.32 Å². The van der Waals surface area contributed by atoms with Gasteiger partial charge in [-0.2, -0.15) is 0 Å². The maximum Gasteiger partial charge on any atom is 0.329 e. The lowest BCUT2D eigenvalue weighted by atomic mass is 10.1. The van der Waals surface area contributed by atoms with Crippen LogP contribution in [-0.2, 0) is 14.3 Å². The number of hydrogen-bond donors (Lipinski definition) is 1. The maximum absolute atomic E-state index is 13.6. The molecule has 3 rings (SSSR count). The third kappa shape index (κ3) is 3.84. The number of fused-ring (bicyclic) bond motifs is 1. The summed E-state index contributed by atoms with van der Waals surface area (Å²) >= 11 is 0. The van der Waals surface area contributed by atoms with Crippen molar-refractivity contribution in [2.45, 2.75) is 26.0 Å². The van der Waals surface area contributed by atoms with E-state index in [0.29, 0.717) is 0 Å². The van der Waals surface area contributed by atoms with E-state index < -0.39 is 53.2 Å². The summed E-state index contributed by atoms with van der Waals surface area (Å²) < 4.78 is 31.8. The highest BCUT2D eigenvalue weighted by molar-refractivity contribution is 6.22. The summed E-state index contributed by atoms with van der Waals surface area (Å²) in [5.74, 6) is -4.81. The summed E-state index contributed by atoms with van der Waals surface area (Å²) in [5, 5.41) is 2.12. The van der Waals surface area contributed by atoms with E-state index in [1.165, 1.54) is 26.0 Å². The lowest BCUT2D eigenvalue weighted by Crippen LogP contribution is -2.45. The number of carbonyl (C=O) groups excluding carboxylic acids is 4. The first kappa shape index (κ1) is 20.1. The molecular weight excluding hydrogens is 386 g/mol. The quantitative estimate of drug-likeness (QED) is 0.613. The van der Waals surface area contributed by atoms with E-state index in [0.717, 1.165) is 23.1 Å². The minimum absolute atomic E-state index is 0.171. The van der Waals surface area contributed by atoms with Crippen LogP contribution in [0.25, 0.3) is 0 Å². The molecule has 1 heterocycles. The van der Waals surface area contributed by atoms with Crippen LogP contribution in [0.1, 0.15) is 34.6 Å². The van der Waals surface area contributed by atoms with Crippen molar-refractivity contribution in [2.24, 2.45) is 0 Å². The number of rotatable bonds is 5. The number of halogens is 2. The van der Waals surface area contributed by atoms with E-state index in [9.17, 15) is 28.0 Å². The number of amides is 3. The highest BCUT2D eigenvalue weighted by Gasteiger charge is 2.41. The number of esters is 1. The van der Waals surface area contributed by atoms with Gasteiger partial charge in [0.05, 0.1) is 16.8 Å². The molecule has 0 saturated carbocycles. The fourth-order valence-corrected chi connectivity index (χ4v) is 2.82. The smallest absolute Gasteiger partial charge is 0.329 e. The molecule has 1 aliphatic heterocycles. The molecule has 0 aromatic heterocycles. The molecule has 1 N–H and O–H groups in total. The number of hydrogen-bond acceptors (Lipinski definition) is 5. The maximum atomic E-state index is 13.6. The Kier molecular flexibility index (Phi) is 5.40. The third-order valence-corrected chi connectivity index (χ3v) is 4.40. The van der Waals surface area contributed by atoms with E-state index in [1.54, 1.807) is 12.1 Å². The molecule has 7 nitrogen and oxygen atoms in total. The largest absolute Gasteiger partial charge is 0.451 e. The number of nitrogens with zero attached hydrogens (tertiary/aromatic N) is 1. The second-order valence-electron chi connectivity index (χ2n) is 6.39. The molecule has 2 unspecified atom stereocenters. The average Bonchev–Trinajstić information content (AvgIpc) is 2.94. The predicted molar refractivity (Wildman–Crippen MR) is 96.9 cm³/mol. The molecule has 2 aromatic carbocycles. The van der Waals surface area contributed by atoms with E-state index >= 15 is 0 Å². The van der Waals surface area contributed by atoms with Crippen LogP contribution in [0.15, 0.2) is 42.5 Å². The fourth-order valence-electron chi connectivity index (χ4n) is 2.82. The zero-order valence-corrected chi connectivity index (χ0v) is 15.4. The van der Waals surface area contributed by atoms with Crippen LogP contribution >= 0.6 is 0 Å². The van der Waals surface area contributed by atoms with Crippen molar-refractivity contribution in [2.75, 3.05) is 5.32 Å². The van der Waals surface area contributed by atoms with Gasteiger partial charge >= 0.3 is 5.97 Å². The lowest BCUT2D eigenvalue weighted by Gasteiger charge is -2.22. The van der Waals surface area contributed by atoms with Crippen molar-refractivity contribution in [3.05, 3.63) is 65.2 Å². The first-order valence-corrected chi connectivity index (χ1v) is 8.64. The second-order valence-corrected chi connectivity index (χ2v) is 6.39. The molecule has 0 radical (unpaired) electrons. The van der Waals surface area contributed by atoms with E-state index in [1.807, 2.05) is 0 Å². The highest BCUT2D eigenvalue weighted by Crippen LogP contribution is 2.25. The summed E-state index contributed by atoms with van der Waals surface area (Å²) in [6.07, 6.45) is -1.39. The van der Waals surface area contributed by atoms with Crippen molar-refractivity contribution < 1.29 is 32.7 Å². The van der Waals surface area contributed by atoms with Gasteiger partial charge in [0.25, 0.3) is 17.7 Å². The van der Waals surface area contributed by atoms with Gasteiger partial charge in [-0.15, -0.1) is 0 Å². The molecular formula is C20H16F2N2O5. The Morgan fingerprint density at radius 2 is 1.59 bits per heavy atom. The van der Waals surface area contributed by atoms with Crippen LogP contribution < -0.4 is 5.32 Å².